The fourth-order valence-electron chi connectivity index (χ4n) is 2.63. The summed E-state index contributed by atoms with van der Waals surface area (Å²) < 4.78 is 1.72. The molecule has 0 aliphatic rings. The van der Waals surface area contributed by atoms with E-state index in [1.54, 1.807) is 4.68 Å². The van der Waals surface area contributed by atoms with E-state index in [2.05, 4.69) is 36.1 Å². The number of aromatic nitrogens is 1. The van der Waals surface area contributed by atoms with Gasteiger partial charge in [-0.15, -0.1) is 11.3 Å². The van der Waals surface area contributed by atoms with Crippen LogP contribution in [0, 0.1) is 13.8 Å². The molecular formula is C21H23N3O3S. The van der Waals surface area contributed by atoms with Gasteiger partial charge in [-0.3, -0.25) is 4.99 Å². The van der Waals surface area contributed by atoms with Crippen LogP contribution in [-0.2, 0) is 0 Å². The summed E-state index contributed by atoms with van der Waals surface area (Å²) in [5.41, 5.74) is 4.58. The Morgan fingerprint density at radius 1 is 1.00 bits per heavy atom. The van der Waals surface area contributed by atoms with Crippen LogP contribution in [0.15, 0.2) is 45.8 Å². The minimum absolute atomic E-state index is 0.0961. The van der Waals surface area contributed by atoms with E-state index in [1.165, 1.54) is 40.8 Å². The standard InChI is InChI=1S/C21H23N3O3S/c1-12(2)23-21-24(22-10-16-7-8-18(25)20(27)19(16)26)17(11-28-21)15-6-5-13(3)14(4)9-15/h5-12,25-27H,1-4H3. The second-order valence-electron chi connectivity index (χ2n) is 6.85. The second-order valence-corrected chi connectivity index (χ2v) is 7.69. The number of hydrogen-bond acceptors (Lipinski definition) is 6. The van der Waals surface area contributed by atoms with Crippen LogP contribution in [0.4, 0.5) is 0 Å². The molecule has 0 saturated carbocycles. The quantitative estimate of drug-likeness (QED) is 0.456. The van der Waals surface area contributed by atoms with Crippen molar-refractivity contribution in [2.24, 2.45) is 10.1 Å². The molecule has 0 radical (unpaired) electrons. The molecule has 146 valence electrons. The first kappa shape index (κ1) is 19.7. The minimum atomic E-state index is -0.569. The van der Waals surface area contributed by atoms with Gasteiger partial charge in [0, 0.05) is 22.5 Å². The molecule has 0 spiro atoms. The van der Waals surface area contributed by atoms with Gasteiger partial charge < -0.3 is 15.3 Å². The van der Waals surface area contributed by atoms with Gasteiger partial charge in [0.05, 0.1) is 11.9 Å². The molecule has 0 aliphatic carbocycles. The maximum Gasteiger partial charge on any atom is 0.206 e. The number of rotatable bonds is 4. The van der Waals surface area contributed by atoms with E-state index in [-0.39, 0.29) is 17.4 Å². The molecule has 0 bridgehead atoms. The van der Waals surface area contributed by atoms with Crippen molar-refractivity contribution < 1.29 is 15.3 Å². The molecule has 1 heterocycles. The molecule has 0 aliphatic heterocycles. The van der Waals surface area contributed by atoms with Crippen molar-refractivity contribution in [2.45, 2.75) is 33.7 Å². The number of phenolic OH excluding ortho intramolecular Hbond substituents is 3. The summed E-state index contributed by atoms with van der Waals surface area (Å²) in [4.78, 5) is 5.35. The van der Waals surface area contributed by atoms with Crippen molar-refractivity contribution >= 4 is 17.6 Å². The Bertz CT molecular complexity index is 1110. The molecule has 2 aromatic carbocycles. The van der Waals surface area contributed by atoms with Gasteiger partial charge in [0.15, 0.2) is 11.5 Å². The predicted molar refractivity (Wildman–Crippen MR) is 112 cm³/mol. The van der Waals surface area contributed by atoms with E-state index in [0.29, 0.717) is 0 Å². The minimum Gasteiger partial charge on any atom is -0.504 e. The number of aromatic hydroxyl groups is 3. The first-order valence-electron chi connectivity index (χ1n) is 8.88. The van der Waals surface area contributed by atoms with E-state index in [0.717, 1.165) is 16.1 Å². The molecule has 1 aromatic heterocycles. The topological polar surface area (TPSA) is 90.3 Å². The largest absolute Gasteiger partial charge is 0.504 e. The van der Waals surface area contributed by atoms with Crippen molar-refractivity contribution in [1.82, 2.24) is 4.68 Å². The van der Waals surface area contributed by atoms with Gasteiger partial charge in [0.2, 0.25) is 10.6 Å². The number of benzene rings is 2. The summed E-state index contributed by atoms with van der Waals surface area (Å²) in [6.45, 7) is 8.12. The first-order chi connectivity index (χ1) is 13.3. The monoisotopic (exact) mass is 397 g/mol. The molecule has 6 nitrogen and oxygen atoms in total. The van der Waals surface area contributed by atoms with E-state index >= 15 is 0 Å². The van der Waals surface area contributed by atoms with Gasteiger partial charge in [-0.2, -0.15) is 5.10 Å². The first-order valence-corrected chi connectivity index (χ1v) is 9.76. The number of nitrogens with zero attached hydrogens (tertiary/aromatic N) is 3. The fraction of sp³-hybridized carbons (Fsp3) is 0.238. The molecule has 3 aromatic rings. The van der Waals surface area contributed by atoms with Crippen molar-refractivity contribution in [3.05, 3.63) is 57.2 Å². The zero-order chi connectivity index (χ0) is 20.4. The average Bonchev–Trinajstić information content (AvgIpc) is 3.03. The van der Waals surface area contributed by atoms with Gasteiger partial charge >= 0.3 is 0 Å². The van der Waals surface area contributed by atoms with Crippen molar-refractivity contribution in [2.75, 3.05) is 0 Å². The lowest BCUT2D eigenvalue weighted by molar-refractivity contribution is 0.367. The van der Waals surface area contributed by atoms with Crippen LogP contribution in [0.3, 0.4) is 0 Å². The van der Waals surface area contributed by atoms with Crippen LogP contribution < -0.4 is 4.80 Å². The van der Waals surface area contributed by atoms with Gasteiger partial charge in [-0.05, 0) is 57.0 Å². The lowest BCUT2D eigenvalue weighted by Crippen LogP contribution is -2.14. The van der Waals surface area contributed by atoms with Crippen LogP contribution in [0.5, 0.6) is 17.2 Å². The molecule has 3 rings (SSSR count). The highest BCUT2D eigenvalue weighted by atomic mass is 32.1. The zero-order valence-corrected chi connectivity index (χ0v) is 17.0. The van der Waals surface area contributed by atoms with Crippen LogP contribution in [0.2, 0.25) is 0 Å². The number of phenols is 3. The average molecular weight is 398 g/mol. The number of thiazole rings is 1. The highest BCUT2D eigenvalue weighted by molar-refractivity contribution is 7.07. The third-order valence-electron chi connectivity index (χ3n) is 4.33. The molecule has 0 saturated heterocycles. The zero-order valence-electron chi connectivity index (χ0n) is 16.2. The lowest BCUT2D eigenvalue weighted by Gasteiger charge is -2.07. The lowest BCUT2D eigenvalue weighted by atomic mass is 10.1. The van der Waals surface area contributed by atoms with Gasteiger partial charge in [0.25, 0.3) is 0 Å². The molecule has 28 heavy (non-hydrogen) atoms. The number of hydrogen-bond donors (Lipinski definition) is 3. The van der Waals surface area contributed by atoms with E-state index in [1.807, 2.05) is 25.3 Å². The Kier molecular flexibility index (Phi) is 5.56. The SMILES string of the molecule is Cc1ccc(-c2csc(=NC(C)C)n2N=Cc2ccc(O)c(O)c2O)cc1C. The molecular weight excluding hydrogens is 374 g/mol. The normalized spacial score (nSPS) is 12.4. The molecule has 0 amide bonds. The Balaban J connectivity index is 2.14. The van der Waals surface area contributed by atoms with Crippen molar-refractivity contribution in [1.29, 1.82) is 0 Å². The summed E-state index contributed by atoms with van der Waals surface area (Å²) in [5, 5.41) is 35.8. The molecule has 3 N–H and O–H groups in total. The van der Waals surface area contributed by atoms with Gasteiger partial charge in [0.1, 0.15) is 0 Å². The van der Waals surface area contributed by atoms with Crippen LogP contribution in [-0.4, -0.2) is 32.3 Å². The Morgan fingerprint density at radius 2 is 1.75 bits per heavy atom. The Hall–Kier alpha value is -3.06. The van der Waals surface area contributed by atoms with E-state index in [9.17, 15) is 15.3 Å². The summed E-state index contributed by atoms with van der Waals surface area (Å²) in [7, 11) is 0. The summed E-state index contributed by atoms with van der Waals surface area (Å²) in [6.07, 6.45) is 1.44. The van der Waals surface area contributed by atoms with Crippen LogP contribution in [0.1, 0.15) is 30.5 Å². The van der Waals surface area contributed by atoms with Gasteiger partial charge in [-0.25, -0.2) is 4.68 Å². The maximum absolute atomic E-state index is 10.0. The fourth-order valence-corrected chi connectivity index (χ4v) is 3.60. The van der Waals surface area contributed by atoms with Crippen LogP contribution in [0.25, 0.3) is 11.3 Å². The van der Waals surface area contributed by atoms with Crippen molar-refractivity contribution in [3.8, 4) is 28.5 Å². The highest BCUT2D eigenvalue weighted by Crippen LogP contribution is 2.36. The number of aryl methyl sites for hydroxylation is 2. The third-order valence-corrected chi connectivity index (χ3v) is 5.16. The Morgan fingerprint density at radius 3 is 2.43 bits per heavy atom. The van der Waals surface area contributed by atoms with Crippen molar-refractivity contribution in [3.63, 3.8) is 0 Å². The second kappa shape index (κ2) is 7.90. The summed E-state index contributed by atoms with van der Waals surface area (Å²) in [5.74, 6) is -1.38. The molecule has 0 atom stereocenters. The highest BCUT2D eigenvalue weighted by Gasteiger charge is 2.11. The maximum atomic E-state index is 10.0. The molecule has 0 unspecified atom stereocenters. The predicted octanol–water partition coefficient (Wildman–Crippen LogP) is 4.14. The molecule has 7 heteroatoms. The summed E-state index contributed by atoms with van der Waals surface area (Å²) in [6, 6.07) is 9.10. The smallest absolute Gasteiger partial charge is 0.206 e. The Labute approximate surface area is 167 Å². The summed E-state index contributed by atoms with van der Waals surface area (Å²) >= 11 is 1.48. The molecule has 0 fully saturated rings. The van der Waals surface area contributed by atoms with E-state index < -0.39 is 11.5 Å². The third kappa shape index (κ3) is 3.94. The van der Waals surface area contributed by atoms with Crippen LogP contribution >= 0.6 is 11.3 Å². The van der Waals surface area contributed by atoms with E-state index in [4.69, 9.17) is 0 Å². The van der Waals surface area contributed by atoms with Gasteiger partial charge in [-0.1, -0.05) is 12.1 Å².